The summed E-state index contributed by atoms with van der Waals surface area (Å²) in [7, 11) is 0. The van der Waals surface area contributed by atoms with E-state index in [1.807, 2.05) is 0 Å². The summed E-state index contributed by atoms with van der Waals surface area (Å²) < 4.78 is 0. The van der Waals surface area contributed by atoms with Gasteiger partial charge in [-0.25, -0.2) is 0 Å². The fourth-order valence-electron chi connectivity index (χ4n) is 0. The molecule has 0 amide bonds. The Hall–Kier alpha value is 3.26. The second-order valence-corrected chi connectivity index (χ2v) is 0. The van der Waals surface area contributed by atoms with Crippen LogP contribution in [0.4, 0.5) is 0 Å². The van der Waals surface area contributed by atoms with Gasteiger partial charge in [0.05, 0.1) is 0 Å². The Labute approximate surface area is 99.3 Å². The molecule has 0 aromatic rings. The Bertz CT molecular complexity index is 11.6. The molecule has 0 aromatic heterocycles. The summed E-state index contributed by atoms with van der Waals surface area (Å²) in [5.74, 6) is 0. The molecule has 0 nitrogen and oxygen atoms in total. The van der Waals surface area contributed by atoms with Crippen LogP contribution in [0.15, 0.2) is 0 Å². The van der Waals surface area contributed by atoms with Crippen LogP contribution in [-0.4, -0.2) is 17.4 Å². The van der Waals surface area contributed by atoms with Crippen LogP contribution < -0.4 is 0 Å². The third kappa shape index (κ3) is 18.9. The minimum atomic E-state index is 0. The Morgan fingerprint density at radius 2 is 1.00 bits per heavy atom. The van der Waals surface area contributed by atoms with Gasteiger partial charge in [0.25, 0.3) is 0 Å². The van der Waals surface area contributed by atoms with E-state index in [2.05, 4.69) is 0 Å². The fourth-order valence-corrected chi connectivity index (χ4v) is 0. The van der Waals surface area contributed by atoms with Crippen molar-refractivity contribution in [2.24, 2.45) is 0 Å². The average Bonchev–Trinajstić information content (AvgIpc) is 0. The van der Waals surface area contributed by atoms with Gasteiger partial charge in [-0.1, -0.05) is 0 Å². The summed E-state index contributed by atoms with van der Waals surface area (Å²) in [6.07, 6.45) is 0. The van der Waals surface area contributed by atoms with E-state index in [1.165, 1.54) is 0 Å². The van der Waals surface area contributed by atoms with Crippen LogP contribution in [0.5, 0.6) is 0 Å². The molecule has 0 bridgehead atoms. The normalized spacial score (nSPS) is 0. The van der Waals surface area contributed by atoms with Gasteiger partial charge in [-0.05, 0) is 0 Å². The maximum atomic E-state index is 0. The van der Waals surface area contributed by atoms with E-state index in [-0.39, 0.29) is 101 Å². The van der Waals surface area contributed by atoms with Crippen molar-refractivity contribution in [2.45, 2.75) is 0 Å². The molecule has 0 aromatic carbocycles. The summed E-state index contributed by atoms with van der Waals surface area (Å²) >= 11 is 0. The molecule has 26 valence electrons. The number of rotatable bonds is 0. The first-order valence-corrected chi connectivity index (χ1v) is 0. The molecule has 0 aliphatic rings. The summed E-state index contributed by atoms with van der Waals surface area (Å²) in [4.78, 5) is 0. The third-order valence-electron chi connectivity index (χ3n) is 0. The summed E-state index contributed by atoms with van der Waals surface area (Å²) in [5.41, 5.74) is 0. The van der Waals surface area contributed by atoms with Crippen molar-refractivity contribution in [3.63, 3.8) is 0 Å². The topological polar surface area (TPSA) is 0 Å². The van der Waals surface area contributed by atoms with Gasteiger partial charge < -0.3 is 0 Å². The Morgan fingerprint density at radius 3 is 1.00 bits per heavy atom. The average molecular weight is 318 g/mol. The van der Waals surface area contributed by atoms with Crippen LogP contribution in [0.3, 0.4) is 0 Å². The molecule has 5 heteroatoms. The smallest absolute Gasteiger partial charge is 0 e. The van der Waals surface area contributed by atoms with Gasteiger partial charge in [0.15, 0.2) is 17.4 Å². The van der Waals surface area contributed by atoms with Gasteiger partial charge in [-0.3, -0.25) is 0 Å². The minimum Gasteiger partial charge on any atom is 0 e. The molecule has 0 aliphatic carbocycles. The zero-order valence-corrected chi connectivity index (χ0v) is 8.97. The quantitative estimate of drug-likeness (QED) is 0.493. The minimum absolute atomic E-state index is 0. The molecule has 0 spiro atoms. The zero-order valence-electron chi connectivity index (χ0n) is 1.80. The number of hydrogen-bond donors (Lipinski definition) is 0. The standard InChI is InChI=1S/Al.Mo.Nb.Ti.V.3H. The van der Waals surface area contributed by atoms with Crippen LogP contribution in [0.1, 0.15) is 0 Å². The maximum absolute atomic E-state index is 0. The van der Waals surface area contributed by atoms with Crippen molar-refractivity contribution >= 4 is 17.4 Å². The molecule has 0 rings (SSSR count). The molecular weight excluding hydrogens is 315 g/mol. The molecule has 2 radical (unpaired) electrons. The molecular formula is H3AlMoNbTiV. The van der Waals surface area contributed by atoms with Crippen LogP contribution >= 0.6 is 0 Å². The van der Waals surface area contributed by atoms with Crippen LogP contribution in [0.25, 0.3) is 0 Å². The van der Waals surface area contributed by atoms with E-state index < -0.39 is 0 Å². The maximum Gasteiger partial charge on any atom is 0.187 e. The molecule has 0 N–H and O–H groups in total. The van der Waals surface area contributed by atoms with Crippen molar-refractivity contribution in [2.75, 3.05) is 0 Å². The van der Waals surface area contributed by atoms with E-state index in [4.69, 9.17) is 0 Å². The molecule has 0 atom stereocenters. The van der Waals surface area contributed by atoms with Gasteiger partial charge >= 0.3 is 0 Å². The van der Waals surface area contributed by atoms with E-state index >= 15 is 0 Å². The predicted octanol–water partition coefficient (Wildman–Crippen LogP) is -1.19. The van der Waals surface area contributed by atoms with Gasteiger partial charge in [-0.2, -0.15) is 0 Å². The van der Waals surface area contributed by atoms with Gasteiger partial charge in [-0.15, -0.1) is 0 Å². The number of hydrogen-bond acceptors (Lipinski definition) is 0. The SMILES string of the molecule is [AlH3].[Mo].[Nb].[Ti].[V]. The van der Waals surface area contributed by atoms with Crippen molar-refractivity contribution in [3.05, 3.63) is 0 Å². The Balaban J connectivity index is 0. The zero-order chi connectivity index (χ0) is 0. The molecule has 0 unspecified atom stereocenters. The van der Waals surface area contributed by atoms with Crippen molar-refractivity contribution < 1.29 is 83.7 Å². The second kappa shape index (κ2) is 26.8. The van der Waals surface area contributed by atoms with E-state index in [0.29, 0.717) is 0 Å². The third-order valence-corrected chi connectivity index (χ3v) is 0. The van der Waals surface area contributed by atoms with Gasteiger partial charge in [0.1, 0.15) is 0 Å². The summed E-state index contributed by atoms with van der Waals surface area (Å²) in [6.45, 7) is 0. The van der Waals surface area contributed by atoms with Crippen molar-refractivity contribution in [1.29, 1.82) is 0 Å². The molecule has 0 heterocycles. The first-order chi connectivity index (χ1) is 0. The Morgan fingerprint density at radius 1 is 1.00 bits per heavy atom. The van der Waals surface area contributed by atoms with Crippen molar-refractivity contribution in [1.82, 2.24) is 0 Å². The first-order valence-electron chi connectivity index (χ1n) is 0. The van der Waals surface area contributed by atoms with Gasteiger partial charge in [0.2, 0.25) is 0 Å². The molecule has 0 saturated heterocycles. The largest absolute Gasteiger partial charge is 0.187 e. The monoisotopic (exact) mass is 320 g/mol. The van der Waals surface area contributed by atoms with E-state index in [0.717, 1.165) is 0 Å². The molecule has 0 aliphatic heterocycles. The predicted molar refractivity (Wildman–Crippen MR) is 9.94 cm³/mol. The van der Waals surface area contributed by atoms with Crippen LogP contribution in [-0.2, 0) is 83.7 Å². The summed E-state index contributed by atoms with van der Waals surface area (Å²) in [6, 6.07) is 0. The van der Waals surface area contributed by atoms with Gasteiger partial charge in [0, 0.05) is 83.7 Å². The molecule has 5 heavy (non-hydrogen) atoms. The molecule has 0 saturated carbocycles. The van der Waals surface area contributed by atoms with E-state index in [1.54, 1.807) is 0 Å². The fraction of sp³-hybridized carbons (Fsp3) is 0. The molecule has 0 fully saturated rings. The Kier molecular flexibility index (Phi) is 219. The summed E-state index contributed by atoms with van der Waals surface area (Å²) in [5, 5.41) is 0. The van der Waals surface area contributed by atoms with Crippen molar-refractivity contribution in [3.8, 4) is 0 Å². The van der Waals surface area contributed by atoms with E-state index in [9.17, 15) is 0 Å². The first kappa shape index (κ1) is 41.0. The second-order valence-electron chi connectivity index (χ2n) is 0. The van der Waals surface area contributed by atoms with Crippen LogP contribution in [0, 0.1) is 0 Å². The van der Waals surface area contributed by atoms with Crippen LogP contribution in [0.2, 0.25) is 0 Å².